The van der Waals surface area contributed by atoms with Gasteiger partial charge in [0.2, 0.25) is 5.82 Å². The molecule has 8 heteroatoms. The molecule has 0 aromatic carbocycles. The van der Waals surface area contributed by atoms with E-state index in [2.05, 4.69) is 5.10 Å². The number of hydrogen-bond donors (Lipinski definition) is 1. The van der Waals surface area contributed by atoms with Crippen molar-refractivity contribution in [2.75, 3.05) is 18.5 Å². The summed E-state index contributed by atoms with van der Waals surface area (Å²) in [6.07, 6.45) is -0.0873. The first kappa shape index (κ1) is 14.9. The fourth-order valence-electron chi connectivity index (χ4n) is 1.83. The minimum Gasteiger partial charge on any atom is -0.481 e. The molecule has 1 aromatic heterocycles. The highest BCUT2D eigenvalue weighted by atomic mass is 16.6. The third-order valence-electron chi connectivity index (χ3n) is 2.72. The van der Waals surface area contributed by atoms with E-state index in [4.69, 9.17) is 5.11 Å². The van der Waals surface area contributed by atoms with Crippen LogP contribution in [0.5, 0.6) is 0 Å². The van der Waals surface area contributed by atoms with Crippen molar-refractivity contribution in [2.24, 2.45) is 0 Å². The number of carboxylic acid groups (broad SMARTS) is 1. The predicted molar refractivity (Wildman–Crippen MR) is 69.5 cm³/mol. The number of rotatable bonds is 6. The molecule has 1 heterocycles. The zero-order valence-electron chi connectivity index (χ0n) is 11.5. The fraction of sp³-hybridized carbons (Fsp3) is 0.636. The average molecular weight is 270 g/mol. The maximum absolute atomic E-state index is 11.1. The lowest BCUT2D eigenvalue weighted by molar-refractivity contribution is -0.384. The van der Waals surface area contributed by atoms with Crippen molar-refractivity contribution in [3.63, 3.8) is 0 Å². The number of nitro groups is 1. The van der Waals surface area contributed by atoms with Crippen molar-refractivity contribution < 1.29 is 14.8 Å². The summed E-state index contributed by atoms with van der Waals surface area (Å²) in [4.78, 5) is 22.8. The summed E-state index contributed by atoms with van der Waals surface area (Å²) in [5.74, 6) is -0.597. The van der Waals surface area contributed by atoms with Crippen LogP contribution in [0.25, 0.3) is 0 Å². The maximum Gasteiger partial charge on any atom is 0.333 e. The standard InChI is InChI=1S/C11H18N4O4/c1-7(2)14-11(13(4)6-5-9(16)17)10(15(18)19)8(3)12-14/h7H,5-6H2,1-4H3,(H,16,17). The quantitative estimate of drug-likeness (QED) is 0.622. The van der Waals surface area contributed by atoms with E-state index < -0.39 is 10.9 Å². The van der Waals surface area contributed by atoms with E-state index in [-0.39, 0.29) is 24.7 Å². The van der Waals surface area contributed by atoms with Gasteiger partial charge in [0.05, 0.1) is 11.3 Å². The van der Waals surface area contributed by atoms with Gasteiger partial charge < -0.3 is 10.0 Å². The number of aryl methyl sites for hydroxylation is 1. The first-order valence-electron chi connectivity index (χ1n) is 5.92. The molecule has 0 unspecified atom stereocenters. The lowest BCUT2D eigenvalue weighted by atomic mass is 10.3. The summed E-state index contributed by atoms with van der Waals surface area (Å²) in [6.45, 7) is 5.50. The maximum atomic E-state index is 11.1. The molecule has 0 radical (unpaired) electrons. The van der Waals surface area contributed by atoms with Gasteiger partial charge in [-0.2, -0.15) is 5.10 Å². The predicted octanol–water partition coefficient (Wildman–Crippen LogP) is 1.59. The van der Waals surface area contributed by atoms with E-state index in [1.807, 2.05) is 13.8 Å². The first-order valence-corrected chi connectivity index (χ1v) is 5.92. The second-order valence-corrected chi connectivity index (χ2v) is 4.62. The molecule has 0 aliphatic heterocycles. The molecule has 0 aliphatic rings. The monoisotopic (exact) mass is 270 g/mol. The van der Waals surface area contributed by atoms with Gasteiger partial charge in [0.15, 0.2) is 0 Å². The molecule has 0 saturated heterocycles. The minimum absolute atomic E-state index is 0.0466. The molecule has 0 atom stereocenters. The Hall–Kier alpha value is -2.12. The van der Waals surface area contributed by atoms with Gasteiger partial charge >= 0.3 is 11.7 Å². The van der Waals surface area contributed by atoms with Gasteiger partial charge in [-0.15, -0.1) is 0 Å². The molecule has 0 saturated carbocycles. The van der Waals surface area contributed by atoms with Crippen LogP contribution in [0.4, 0.5) is 11.5 Å². The van der Waals surface area contributed by atoms with E-state index in [9.17, 15) is 14.9 Å². The fourth-order valence-corrected chi connectivity index (χ4v) is 1.83. The molecular formula is C11H18N4O4. The van der Waals surface area contributed by atoms with Crippen LogP contribution in [0.1, 0.15) is 32.0 Å². The number of anilines is 1. The molecule has 1 aromatic rings. The zero-order valence-corrected chi connectivity index (χ0v) is 11.5. The van der Waals surface area contributed by atoms with Crippen molar-refractivity contribution in [3.8, 4) is 0 Å². The summed E-state index contributed by atoms with van der Waals surface area (Å²) >= 11 is 0. The van der Waals surface area contributed by atoms with Crippen LogP contribution in [-0.2, 0) is 4.79 Å². The lowest BCUT2D eigenvalue weighted by Gasteiger charge is -2.20. The van der Waals surface area contributed by atoms with Gasteiger partial charge in [0, 0.05) is 19.6 Å². The average Bonchev–Trinajstić information content (AvgIpc) is 2.63. The summed E-state index contributed by atoms with van der Waals surface area (Å²) in [7, 11) is 1.63. The Morgan fingerprint density at radius 1 is 1.58 bits per heavy atom. The van der Waals surface area contributed by atoms with Crippen LogP contribution in [0.2, 0.25) is 0 Å². The molecule has 8 nitrogen and oxygen atoms in total. The molecule has 19 heavy (non-hydrogen) atoms. The Kier molecular flexibility index (Phi) is 4.47. The third kappa shape index (κ3) is 3.21. The first-order chi connectivity index (χ1) is 8.75. The number of aliphatic carboxylic acids is 1. The topological polar surface area (TPSA) is 102 Å². The van der Waals surface area contributed by atoms with Gasteiger partial charge in [-0.1, -0.05) is 0 Å². The smallest absolute Gasteiger partial charge is 0.333 e. The largest absolute Gasteiger partial charge is 0.481 e. The van der Waals surface area contributed by atoms with Crippen LogP contribution in [0.3, 0.4) is 0 Å². The summed E-state index contributed by atoms with van der Waals surface area (Å²) in [6, 6.07) is -0.0466. The highest BCUT2D eigenvalue weighted by Crippen LogP contribution is 2.33. The summed E-state index contributed by atoms with van der Waals surface area (Å²) in [5.41, 5.74) is 0.262. The van der Waals surface area contributed by atoms with E-state index in [0.29, 0.717) is 11.5 Å². The Bertz CT molecular complexity index is 495. The van der Waals surface area contributed by atoms with E-state index >= 15 is 0 Å². The molecular weight excluding hydrogens is 252 g/mol. The van der Waals surface area contributed by atoms with Gasteiger partial charge in [-0.25, -0.2) is 4.68 Å². The number of nitrogens with zero attached hydrogens (tertiary/aromatic N) is 4. The number of hydrogen-bond acceptors (Lipinski definition) is 5. The van der Waals surface area contributed by atoms with Gasteiger partial charge in [-0.05, 0) is 20.8 Å². The lowest BCUT2D eigenvalue weighted by Crippen LogP contribution is -2.25. The van der Waals surface area contributed by atoms with Crippen molar-refractivity contribution in [3.05, 3.63) is 15.8 Å². The Labute approximate surface area is 110 Å². The van der Waals surface area contributed by atoms with Crippen LogP contribution < -0.4 is 4.90 Å². The molecule has 0 bridgehead atoms. The summed E-state index contributed by atoms with van der Waals surface area (Å²) < 4.78 is 1.55. The number of carboxylic acids is 1. The van der Waals surface area contributed by atoms with Crippen LogP contribution >= 0.6 is 0 Å². The third-order valence-corrected chi connectivity index (χ3v) is 2.72. The Balaban J connectivity index is 3.21. The second-order valence-electron chi connectivity index (χ2n) is 4.62. The van der Waals surface area contributed by atoms with Crippen molar-refractivity contribution in [2.45, 2.75) is 33.2 Å². The highest BCUT2D eigenvalue weighted by Gasteiger charge is 2.29. The summed E-state index contributed by atoms with van der Waals surface area (Å²) in [5, 5.41) is 24.0. The zero-order chi connectivity index (χ0) is 14.7. The minimum atomic E-state index is -0.943. The Morgan fingerprint density at radius 2 is 2.16 bits per heavy atom. The normalized spacial score (nSPS) is 10.8. The van der Waals surface area contributed by atoms with Crippen LogP contribution in [0, 0.1) is 17.0 Å². The van der Waals surface area contributed by atoms with Crippen LogP contribution in [-0.4, -0.2) is 39.4 Å². The second kappa shape index (κ2) is 5.68. The number of carbonyl (C=O) groups is 1. The molecule has 1 rings (SSSR count). The van der Waals surface area contributed by atoms with E-state index in [0.717, 1.165) is 0 Å². The van der Waals surface area contributed by atoms with Gasteiger partial charge in [-0.3, -0.25) is 14.9 Å². The van der Waals surface area contributed by atoms with E-state index in [1.54, 1.807) is 23.6 Å². The highest BCUT2D eigenvalue weighted by molar-refractivity contribution is 5.68. The molecule has 0 fully saturated rings. The van der Waals surface area contributed by atoms with Crippen LogP contribution in [0.15, 0.2) is 0 Å². The molecule has 106 valence electrons. The van der Waals surface area contributed by atoms with Crippen molar-refractivity contribution >= 4 is 17.5 Å². The van der Waals surface area contributed by atoms with Gasteiger partial charge in [0.25, 0.3) is 0 Å². The van der Waals surface area contributed by atoms with E-state index in [1.165, 1.54) is 0 Å². The van der Waals surface area contributed by atoms with Crippen molar-refractivity contribution in [1.82, 2.24) is 9.78 Å². The molecule has 0 aliphatic carbocycles. The van der Waals surface area contributed by atoms with Crippen molar-refractivity contribution in [1.29, 1.82) is 0 Å². The molecule has 1 N–H and O–H groups in total. The molecule has 0 amide bonds. The SMILES string of the molecule is Cc1nn(C(C)C)c(N(C)CCC(=O)O)c1[N+](=O)[O-]. The molecule has 0 spiro atoms. The number of aromatic nitrogens is 2. The van der Waals surface area contributed by atoms with Gasteiger partial charge in [0.1, 0.15) is 5.69 Å². The Morgan fingerprint density at radius 3 is 2.58 bits per heavy atom.